The van der Waals surface area contributed by atoms with Crippen molar-refractivity contribution in [3.8, 4) is 5.75 Å². The maximum Gasteiger partial charge on any atom is 0.573 e. The average Bonchev–Trinajstić information content (AvgIpc) is 3.38. The number of benzene rings is 2. The van der Waals surface area contributed by atoms with Gasteiger partial charge in [0.05, 0.1) is 0 Å². The predicted octanol–water partition coefficient (Wildman–Crippen LogP) is 3.94. The van der Waals surface area contributed by atoms with Gasteiger partial charge in [-0.3, -0.25) is 4.79 Å². The third kappa shape index (κ3) is 5.11. The molecule has 4 rings (SSSR count). The van der Waals surface area contributed by atoms with Crippen LogP contribution in [0.1, 0.15) is 18.4 Å². The molecule has 1 atom stereocenters. The standard InChI is InChI=1S/C21H18F4N2O5S/c22-15-6-7-18-14(10-15)11-19(31-18)33(29,30)27-8-2-5-17(27)20(28)26-12-13-3-1-4-16(9-13)32-21(23,24)25/h1,3-4,6-7,9-11,17H,2,5,8,12H2,(H,26,28)/t17-/m0/s1. The van der Waals surface area contributed by atoms with E-state index < -0.39 is 45.0 Å². The highest BCUT2D eigenvalue weighted by Gasteiger charge is 2.41. The van der Waals surface area contributed by atoms with Crippen molar-refractivity contribution >= 4 is 26.9 Å². The van der Waals surface area contributed by atoms with Crippen LogP contribution in [0.2, 0.25) is 0 Å². The molecule has 0 radical (unpaired) electrons. The molecule has 0 spiro atoms. The van der Waals surface area contributed by atoms with Crippen LogP contribution in [-0.2, 0) is 21.4 Å². The van der Waals surface area contributed by atoms with Crippen LogP contribution in [0, 0.1) is 5.82 Å². The van der Waals surface area contributed by atoms with Crippen molar-refractivity contribution in [1.29, 1.82) is 0 Å². The van der Waals surface area contributed by atoms with Gasteiger partial charge >= 0.3 is 6.36 Å². The SMILES string of the molecule is O=C(NCc1cccc(OC(F)(F)F)c1)[C@@H]1CCCN1S(=O)(=O)c1cc2cc(F)ccc2o1. The molecule has 1 amide bonds. The van der Waals surface area contributed by atoms with Crippen molar-refractivity contribution in [2.45, 2.75) is 36.9 Å². The van der Waals surface area contributed by atoms with Gasteiger partial charge in [-0.25, -0.2) is 12.8 Å². The molecule has 33 heavy (non-hydrogen) atoms. The zero-order valence-corrected chi connectivity index (χ0v) is 17.7. The molecule has 3 aromatic rings. The number of alkyl halides is 3. The van der Waals surface area contributed by atoms with Crippen molar-refractivity contribution in [3.63, 3.8) is 0 Å². The number of nitrogens with one attached hydrogen (secondary N) is 1. The Bertz CT molecular complexity index is 1290. The first kappa shape index (κ1) is 23.1. The van der Waals surface area contributed by atoms with Crippen molar-refractivity contribution in [2.24, 2.45) is 0 Å². The van der Waals surface area contributed by atoms with Gasteiger partial charge in [-0.2, -0.15) is 4.31 Å². The Labute approximate surface area is 186 Å². The Hall–Kier alpha value is -3.12. The summed E-state index contributed by atoms with van der Waals surface area (Å²) in [6.45, 7) is -0.0388. The second-order valence-corrected chi connectivity index (χ2v) is 9.26. The molecule has 0 unspecified atom stereocenters. The number of carbonyl (C=O) groups is 1. The van der Waals surface area contributed by atoms with Gasteiger partial charge in [0.25, 0.3) is 10.0 Å². The Balaban J connectivity index is 1.47. The number of sulfonamides is 1. The summed E-state index contributed by atoms with van der Waals surface area (Å²) in [5.74, 6) is -1.57. The summed E-state index contributed by atoms with van der Waals surface area (Å²) in [5, 5.41) is 2.43. The maximum atomic E-state index is 13.4. The van der Waals surface area contributed by atoms with Crippen LogP contribution in [0.5, 0.6) is 5.75 Å². The minimum atomic E-state index is -4.84. The molecule has 1 aliphatic rings. The van der Waals surface area contributed by atoms with Crippen molar-refractivity contribution in [3.05, 3.63) is 59.9 Å². The van der Waals surface area contributed by atoms with Gasteiger partial charge in [0.2, 0.25) is 11.0 Å². The lowest BCUT2D eigenvalue weighted by Crippen LogP contribution is -2.45. The molecule has 1 N–H and O–H groups in total. The number of hydrogen-bond acceptors (Lipinski definition) is 5. The van der Waals surface area contributed by atoms with Gasteiger partial charge in [-0.05, 0) is 48.7 Å². The molecule has 12 heteroatoms. The molecule has 1 aromatic heterocycles. The van der Waals surface area contributed by atoms with E-state index in [4.69, 9.17) is 4.42 Å². The largest absolute Gasteiger partial charge is 0.573 e. The number of nitrogens with zero attached hydrogens (tertiary/aromatic N) is 1. The first-order valence-electron chi connectivity index (χ1n) is 9.86. The molecule has 2 aromatic carbocycles. The van der Waals surface area contributed by atoms with E-state index >= 15 is 0 Å². The zero-order chi connectivity index (χ0) is 23.8. The van der Waals surface area contributed by atoms with Crippen LogP contribution in [0.3, 0.4) is 0 Å². The molecule has 1 saturated heterocycles. The molecule has 1 fully saturated rings. The Morgan fingerprint density at radius 1 is 1.18 bits per heavy atom. The van der Waals surface area contributed by atoms with E-state index in [9.17, 15) is 30.8 Å². The summed E-state index contributed by atoms with van der Waals surface area (Å²) in [6.07, 6.45) is -4.15. The van der Waals surface area contributed by atoms with Gasteiger partial charge in [-0.15, -0.1) is 13.2 Å². The van der Waals surface area contributed by atoms with E-state index in [0.717, 1.165) is 28.6 Å². The first-order chi connectivity index (χ1) is 15.5. The third-order valence-corrected chi connectivity index (χ3v) is 6.89. The summed E-state index contributed by atoms with van der Waals surface area (Å²) in [4.78, 5) is 12.7. The summed E-state index contributed by atoms with van der Waals surface area (Å²) < 4.78 is 87.0. The van der Waals surface area contributed by atoms with Crippen LogP contribution in [0.15, 0.2) is 58.0 Å². The number of hydrogen-bond donors (Lipinski definition) is 1. The number of rotatable bonds is 6. The predicted molar refractivity (Wildman–Crippen MR) is 108 cm³/mol. The van der Waals surface area contributed by atoms with Crippen LogP contribution in [0.25, 0.3) is 11.0 Å². The number of ether oxygens (including phenoxy) is 1. The summed E-state index contributed by atoms with van der Waals surface area (Å²) in [7, 11) is -4.18. The van der Waals surface area contributed by atoms with Gasteiger partial charge < -0.3 is 14.5 Å². The van der Waals surface area contributed by atoms with Gasteiger partial charge in [0.15, 0.2) is 0 Å². The smallest absolute Gasteiger partial charge is 0.443 e. The molecule has 7 nitrogen and oxygen atoms in total. The molecule has 0 saturated carbocycles. The van der Waals surface area contributed by atoms with Crippen LogP contribution in [-0.4, -0.2) is 37.6 Å². The highest BCUT2D eigenvalue weighted by atomic mass is 32.2. The molecular weight excluding hydrogens is 468 g/mol. The van der Waals surface area contributed by atoms with Crippen molar-refractivity contribution in [2.75, 3.05) is 6.54 Å². The molecule has 0 aliphatic carbocycles. The normalized spacial score (nSPS) is 17.4. The maximum absolute atomic E-state index is 13.4. The van der Waals surface area contributed by atoms with Gasteiger partial charge in [0, 0.05) is 24.5 Å². The zero-order valence-electron chi connectivity index (χ0n) is 16.9. The second-order valence-electron chi connectivity index (χ2n) is 7.43. The number of halogens is 4. The first-order valence-corrected chi connectivity index (χ1v) is 11.3. The minimum absolute atomic E-state index is 0.0841. The van der Waals surface area contributed by atoms with E-state index in [1.165, 1.54) is 24.3 Å². The highest BCUT2D eigenvalue weighted by Crippen LogP contribution is 2.30. The lowest BCUT2D eigenvalue weighted by Gasteiger charge is -2.22. The number of fused-ring (bicyclic) bond motifs is 1. The topological polar surface area (TPSA) is 88.9 Å². The Morgan fingerprint density at radius 2 is 1.97 bits per heavy atom. The second kappa shape index (κ2) is 8.67. The monoisotopic (exact) mass is 486 g/mol. The number of amides is 1. The molecule has 1 aliphatic heterocycles. The molecule has 0 bridgehead atoms. The van der Waals surface area contributed by atoms with Gasteiger partial charge in [0.1, 0.15) is 23.2 Å². The lowest BCUT2D eigenvalue weighted by molar-refractivity contribution is -0.274. The number of carbonyl (C=O) groups excluding carboxylic acids is 1. The van der Waals surface area contributed by atoms with E-state index in [1.54, 1.807) is 0 Å². The fraction of sp³-hybridized carbons (Fsp3) is 0.286. The summed E-state index contributed by atoms with van der Waals surface area (Å²) >= 11 is 0. The molecular formula is C21H18F4N2O5S. The van der Waals surface area contributed by atoms with Crippen LogP contribution >= 0.6 is 0 Å². The average molecular weight is 486 g/mol. The minimum Gasteiger partial charge on any atom is -0.443 e. The van der Waals surface area contributed by atoms with Crippen LogP contribution in [0.4, 0.5) is 17.6 Å². The van der Waals surface area contributed by atoms with Crippen molar-refractivity contribution < 1.29 is 39.9 Å². The highest BCUT2D eigenvalue weighted by molar-refractivity contribution is 7.89. The Morgan fingerprint density at radius 3 is 2.73 bits per heavy atom. The van der Waals surface area contributed by atoms with E-state index in [-0.39, 0.29) is 30.5 Å². The summed E-state index contributed by atoms with van der Waals surface area (Å²) in [5.41, 5.74) is 0.535. The quantitative estimate of drug-likeness (QED) is 0.534. The fourth-order valence-corrected chi connectivity index (χ4v) is 5.29. The lowest BCUT2D eigenvalue weighted by atomic mass is 10.2. The van der Waals surface area contributed by atoms with Gasteiger partial charge in [-0.1, -0.05) is 12.1 Å². The third-order valence-electron chi connectivity index (χ3n) is 5.12. The molecule has 176 valence electrons. The van der Waals surface area contributed by atoms with E-state index in [1.807, 2.05) is 0 Å². The van der Waals surface area contributed by atoms with Crippen molar-refractivity contribution in [1.82, 2.24) is 9.62 Å². The fourth-order valence-electron chi connectivity index (χ4n) is 3.68. The Kier molecular flexibility index (Phi) is 6.06. The van der Waals surface area contributed by atoms with E-state index in [0.29, 0.717) is 12.0 Å². The molecule has 2 heterocycles. The number of furan rings is 1. The van der Waals surface area contributed by atoms with Crippen LogP contribution < -0.4 is 10.1 Å². The van der Waals surface area contributed by atoms with E-state index in [2.05, 4.69) is 10.1 Å². The summed E-state index contributed by atoms with van der Waals surface area (Å²) in [6, 6.07) is 8.88.